The average Bonchev–Trinajstić information content (AvgIpc) is 3.26. The van der Waals surface area contributed by atoms with E-state index in [1.54, 1.807) is 0 Å². The number of nitrogens with zero attached hydrogens (tertiary/aromatic N) is 2. The second-order valence-electron chi connectivity index (χ2n) is 8.62. The zero-order valence-corrected chi connectivity index (χ0v) is 19.4. The molecular formula is C22H26F5N3O5. The highest BCUT2D eigenvalue weighted by Crippen LogP contribution is 2.55. The third-order valence-electron chi connectivity index (χ3n) is 6.38. The highest BCUT2D eigenvalue weighted by molar-refractivity contribution is 5.95. The van der Waals surface area contributed by atoms with Crippen LogP contribution < -0.4 is 10.1 Å². The van der Waals surface area contributed by atoms with Gasteiger partial charge in [0.2, 0.25) is 5.82 Å². The molecule has 1 aliphatic rings. The molecule has 5 atom stereocenters. The number of amides is 1. The first-order valence-corrected chi connectivity index (χ1v) is 10.6. The number of aromatic nitrogens is 2. The fraction of sp³-hybridized carbons (Fsp3) is 0.545. The van der Waals surface area contributed by atoms with Crippen molar-refractivity contribution in [3.63, 3.8) is 0 Å². The van der Waals surface area contributed by atoms with Crippen LogP contribution in [-0.4, -0.2) is 63.6 Å². The highest BCUT2D eigenvalue weighted by Gasteiger charge is 2.66. The smallest absolute Gasteiger partial charge is 0.417 e. The molecule has 2 heterocycles. The summed E-state index contributed by atoms with van der Waals surface area (Å²) in [5, 5.41) is 25.1. The second kappa shape index (κ2) is 9.70. The van der Waals surface area contributed by atoms with Gasteiger partial charge in [0, 0.05) is 23.6 Å². The van der Waals surface area contributed by atoms with E-state index in [4.69, 9.17) is 14.6 Å². The van der Waals surface area contributed by atoms with Gasteiger partial charge in [-0.05, 0) is 19.9 Å². The van der Waals surface area contributed by atoms with Gasteiger partial charge in [0.1, 0.15) is 6.10 Å². The molecule has 0 aliphatic carbocycles. The van der Waals surface area contributed by atoms with E-state index in [-0.39, 0.29) is 23.5 Å². The molecule has 13 heteroatoms. The minimum atomic E-state index is -4.88. The Labute approximate surface area is 197 Å². The van der Waals surface area contributed by atoms with Gasteiger partial charge in [-0.3, -0.25) is 9.48 Å². The Bertz CT molecular complexity index is 1090. The van der Waals surface area contributed by atoms with E-state index < -0.39 is 65.7 Å². The van der Waals surface area contributed by atoms with Crippen molar-refractivity contribution in [2.75, 3.05) is 19.0 Å². The van der Waals surface area contributed by atoms with E-state index in [9.17, 15) is 31.9 Å². The summed E-state index contributed by atoms with van der Waals surface area (Å²) in [5.41, 5.74) is -2.51. The van der Waals surface area contributed by atoms with Crippen molar-refractivity contribution in [1.82, 2.24) is 9.78 Å². The van der Waals surface area contributed by atoms with Gasteiger partial charge in [-0.25, -0.2) is 4.39 Å². The largest absolute Gasteiger partial charge is 0.493 e. The van der Waals surface area contributed by atoms with E-state index in [0.29, 0.717) is 0 Å². The van der Waals surface area contributed by atoms with Crippen LogP contribution in [0, 0.1) is 24.5 Å². The van der Waals surface area contributed by atoms with Crippen LogP contribution in [0.25, 0.3) is 0 Å². The summed E-state index contributed by atoms with van der Waals surface area (Å²) in [5.74, 6) is -6.97. The van der Waals surface area contributed by atoms with Crippen LogP contribution in [0.15, 0.2) is 18.3 Å². The van der Waals surface area contributed by atoms with Crippen LogP contribution in [0.5, 0.6) is 5.75 Å². The van der Waals surface area contributed by atoms with Crippen LogP contribution in [0.2, 0.25) is 0 Å². The maximum absolute atomic E-state index is 14.4. The van der Waals surface area contributed by atoms with Gasteiger partial charge in [-0.1, -0.05) is 13.0 Å². The van der Waals surface area contributed by atoms with Crippen LogP contribution >= 0.6 is 0 Å². The number of aliphatic hydroxyl groups is 2. The first-order chi connectivity index (χ1) is 16.2. The first-order valence-electron chi connectivity index (χ1n) is 10.6. The molecule has 0 bridgehead atoms. The predicted molar refractivity (Wildman–Crippen MR) is 113 cm³/mol. The lowest BCUT2D eigenvalue weighted by molar-refractivity contribution is -0.272. The quantitative estimate of drug-likeness (QED) is 0.498. The number of anilines is 1. The van der Waals surface area contributed by atoms with E-state index >= 15 is 0 Å². The minimum Gasteiger partial charge on any atom is -0.493 e. The summed E-state index contributed by atoms with van der Waals surface area (Å²) < 4.78 is 81.8. The summed E-state index contributed by atoms with van der Waals surface area (Å²) in [6.45, 7) is 2.91. The van der Waals surface area contributed by atoms with E-state index in [1.165, 1.54) is 24.7 Å². The number of halogens is 5. The lowest BCUT2D eigenvalue weighted by atomic mass is 9.77. The molecular weight excluding hydrogens is 481 g/mol. The third kappa shape index (κ3) is 4.84. The number of alkyl halides is 3. The number of nitrogens with one attached hydrogen (secondary N) is 1. The Morgan fingerprint density at radius 3 is 2.60 bits per heavy atom. The fourth-order valence-corrected chi connectivity index (χ4v) is 4.25. The standard InChI is InChI=1S/C22H26F5N3O5/c1-10-16(13-5-6-14(23)17(24)18(13)34-4)19(35-21(10,3)22(25,26)27)20(33)28-15-8-30(29-11(15)2)7-12(32)9-31/h5-6,8,10,12,16,19,31-32H,7,9H2,1-4H3,(H,28,33)/t10-,12+,16-,19+,21+/m0/s1. The molecule has 8 nitrogen and oxygen atoms in total. The number of hydrogen-bond acceptors (Lipinski definition) is 6. The van der Waals surface area contributed by atoms with Crippen molar-refractivity contribution < 1.29 is 46.4 Å². The van der Waals surface area contributed by atoms with Crippen molar-refractivity contribution in [3.05, 3.63) is 41.2 Å². The number of benzene rings is 1. The Hall–Kier alpha value is -2.77. The number of ether oxygens (including phenoxy) is 2. The zero-order valence-electron chi connectivity index (χ0n) is 19.4. The summed E-state index contributed by atoms with van der Waals surface area (Å²) in [6, 6.07) is 1.82. The molecule has 0 spiro atoms. The van der Waals surface area contributed by atoms with E-state index in [2.05, 4.69) is 10.4 Å². The number of hydrogen-bond donors (Lipinski definition) is 3. The number of aliphatic hydroxyl groups excluding tert-OH is 2. The Morgan fingerprint density at radius 2 is 2.03 bits per heavy atom. The Balaban J connectivity index is 2.02. The van der Waals surface area contributed by atoms with Crippen molar-refractivity contribution in [3.8, 4) is 5.75 Å². The normalized spacial score (nSPS) is 25.5. The van der Waals surface area contributed by atoms with E-state index in [0.717, 1.165) is 26.2 Å². The van der Waals surface area contributed by atoms with Gasteiger partial charge >= 0.3 is 6.18 Å². The number of methoxy groups -OCH3 is 1. The zero-order chi connectivity index (χ0) is 26.3. The average molecular weight is 507 g/mol. The SMILES string of the molecule is COc1c([C@H]2[C@H](C(=O)Nc3cn(C[C@@H](O)CO)nc3C)O[C@@](C)(C(F)(F)F)[C@H]2C)ccc(F)c1F. The fourth-order valence-electron chi connectivity index (χ4n) is 4.25. The van der Waals surface area contributed by atoms with Crippen LogP contribution in [0.4, 0.5) is 27.6 Å². The van der Waals surface area contributed by atoms with Crippen molar-refractivity contribution in [2.24, 2.45) is 5.92 Å². The maximum Gasteiger partial charge on any atom is 0.417 e. The van der Waals surface area contributed by atoms with Crippen molar-refractivity contribution >= 4 is 11.6 Å². The molecule has 1 aliphatic heterocycles. The molecule has 3 N–H and O–H groups in total. The molecule has 0 radical (unpaired) electrons. The first kappa shape index (κ1) is 26.8. The van der Waals surface area contributed by atoms with Gasteiger partial charge in [0.15, 0.2) is 17.2 Å². The van der Waals surface area contributed by atoms with E-state index in [1.807, 2.05) is 0 Å². The van der Waals surface area contributed by atoms with Crippen molar-refractivity contribution in [1.29, 1.82) is 0 Å². The van der Waals surface area contributed by atoms with Gasteiger partial charge < -0.3 is 25.0 Å². The summed E-state index contributed by atoms with van der Waals surface area (Å²) in [6.07, 6.45) is -6.41. The highest BCUT2D eigenvalue weighted by atomic mass is 19.4. The molecule has 1 saturated heterocycles. The number of carbonyl (C=O) groups is 1. The molecule has 1 aromatic carbocycles. The molecule has 1 amide bonds. The summed E-state index contributed by atoms with van der Waals surface area (Å²) >= 11 is 0. The van der Waals surface area contributed by atoms with Crippen LogP contribution in [0.1, 0.15) is 31.0 Å². The number of aryl methyl sites for hydroxylation is 1. The van der Waals surface area contributed by atoms with Gasteiger partial charge in [-0.2, -0.15) is 22.7 Å². The molecule has 194 valence electrons. The molecule has 3 rings (SSSR count). The lowest BCUT2D eigenvalue weighted by Gasteiger charge is -2.32. The molecule has 2 aromatic rings. The molecule has 35 heavy (non-hydrogen) atoms. The van der Waals surface area contributed by atoms with Crippen LogP contribution in [-0.2, 0) is 16.1 Å². The predicted octanol–water partition coefficient (Wildman–Crippen LogP) is 2.91. The molecule has 1 fully saturated rings. The molecule has 0 unspecified atom stereocenters. The second-order valence-corrected chi connectivity index (χ2v) is 8.62. The topological polar surface area (TPSA) is 106 Å². The number of rotatable bonds is 7. The van der Waals surface area contributed by atoms with Crippen LogP contribution in [0.3, 0.4) is 0 Å². The molecule has 0 saturated carbocycles. The third-order valence-corrected chi connectivity index (χ3v) is 6.38. The van der Waals surface area contributed by atoms with Gasteiger partial charge in [-0.15, -0.1) is 0 Å². The lowest BCUT2D eigenvalue weighted by Crippen LogP contribution is -2.47. The Morgan fingerprint density at radius 1 is 1.37 bits per heavy atom. The van der Waals surface area contributed by atoms with Crippen molar-refractivity contribution in [2.45, 2.75) is 57.2 Å². The molecule has 1 aromatic heterocycles. The maximum atomic E-state index is 14.4. The summed E-state index contributed by atoms with van der Waals surface area (Å²) in [4.78, 5) is 13.2. The summed E-state index contributed by atoms with van der Waals surface area (Å²) in [7, 11) is 1.04. The van der Waals surface area contributed by atoms with Gasteiger partial charge in [0.05, 0.1) is 37.7 Å². The van der Waals surface area contributed by atoms with Gasteiger partial charge in [0.25, 0.3) is 5.91 Å². The minimum absolute atomic E-state index is 0.0923. The monoisotopic (exact) mass is 507 g/mol. The Kier molecular flexibility index (Phi) is 7.44. The number of carbonyl (C=O) groups excluding carboxylic acids is 1.